The first-order valence-electron chi connectivity index (χ1n) is 8.38. The predicted octanol–water partition coefficient (Wildman–Crippen LogP) is 1.70. The normalized spacial score (nSPS) is 20.2. The van der Waals surface area contributed by atoms with Crippen LogP contribution in [0.3, 0.4) is 0 Å². The fraction of sp³-hybridized carbons (Fsp3) is 0.444. The number of rotatable bonds is 6. The van der Waals surface area contributed by atoms with E-state index in [1.165, 1.54) is 11.1 Å². The molecule has 0 saturated carbocycles. The summed E-state index contributed by atoms with van der Waals surface area (Å²) in [6, 6.07) is 10.1. The van der Waals surface area contributed by atoms with Crippen molar-refractivity contribution in [2.75, 3.05) is 36.9 Å². The highest BCUT2D eigenvalue weighted by Gasteiger charge is 2.32. The third kappa shape index (κ3) is 4.42. The molecule has 0 unspecified atom stereocenters. The van der Waals surface area contributed by atoms with E-state index in [0.717, 1.165) is 11.6 Å². The lowest BCUT2D eigenvalue weighted by molar-refractivity contribution is 0.152. The molecule has 6 nitrogen and oxygen atoms in total. The molecule has 134 valence electrons. The molecular formula is C18H24N4O2S. The largest absolute Gasteiger partial charge is 0.396 e. The molecule has 0 aliphatic carbocycles. The Balaban J connectivity index is 1.71. The number of aromatic nitrogens is 2. The summed E-state index contributed by atoms with van der Waals surface area (Å²) in [6.07, 6.45) is 0. The molecular weight excluding hydrogens is 336 g/mol. The fourth-order valence-corrected chi connectivity index (χ4v) is 3.84. The number of nitrogens with zero attached hydrogens (tertiary/aromatic N) is 3. The first-order chi connectivity index (χ1) is 12.1. The Hall–Kier alpha value is -1.83. The van der Waals surface area contributed by atoms with Crippen LogP contribution >= 0.6 is 11.8 Å². The maximum Gasteiger partial charge on any atom is 0.191 e. The number of nitrogen functional groups attached to an aromatic ring is 1. The highest BCUT2D eigenvalue weighted by molar-refractivity contribution is 7.98. The number of nitrogens with two attached hydrogens (primary N) is 1. The molecule has 1 aliphatic rings. The van der Waals surface area contributed by atoms with Gasteiger partial charge in [-0.3, -0.25) is 0 Å². The maximum absolute atomic E-state index is 9.47. The topological polar surface area (TPSA) is 95.5 Å². The Morgan fingerprint density at radius 3 is 2.36 bits per heavy atom. The van der Waals surface area contributed by atoms with Crippen LogP contribution in [0.4, 0.5) is 11.6 Å². The lowest BCUT2D eigenvalue weighted by atomic mass is 9.98. The summed E-state index contributed by atoms with van der Waals surface area (Å²) in [6.45, 7) is 3.54. The zero-order valence-electron chi connectivity index (χ0n) is 14.3. The molecule has 1 fully saturated rings. The quantitative estimate of drug-likeness (QED) is 0.533. The van der Waals surface area contributed by atoms with Crippen molar-refractivity contribution in [3.63, 3.8) is 0 Å². The van der Waals surface area contributed by atoms with Crippen molar-refractivity contribution in [1.29, 1.82) is 0 Å². The van der Waals surface area contributed by atoms with E-state index >= 15 is 0 Å². The fourth-order valence-electron chi connectivity index (χ4n) is 3.03. The Bertz CT molecular complexity index is 699. The molecule has 25 heavy (non-hydrogen) atoms. The van der Waals surface area contributed by atoms with E-state index in [1.807, 2.05) is 0 Å². The number of anilines is 2. The second-order valence-corrected chi connectivity index (χ2v) is 7.44. The average molecular weight is 360 g/mol. The summed E-state index contributed by atoms with van der Waals surface area (Å²) >= 11 is 1.55. The first kappa shape index (κ1) is 18.0. The van der Waals surface area contributed by atoms with Crippen molar-refractivity contribution < 1.29 is 10.2 Å². The van der Waals surface area contributed by atoms with Crippen molar-refractivity contribution in [2.45, 2.75) is 17.8 Å². The predicted molar refractivity (Wildman–Crippen MR) is 101 cm³/mol. The third-order valence-electron chi connectivity index (χ3n) is 4.57. The van der Waals surface area contributed by atoms with Crippen LogP contribution in [0.25, 0.3) is 0 Å². The van der Waals surface area contributed by atoms with Crippen LogP contribution in [0, 0.1) is 18.8 Å². The van der Waals surface area contributed by atoms with Gasteiger partial charge >= 0.3 is 0 Å². The van der Waals surface area contributed by atoms with Crippen molar-refractivity contribution in [1.82, 2.24) is 9.97 Å². The zero-order chi connectivity index (χ0) is 17.8. The summed E-state index contributed by atoms with van der Waals surface area (Å²) in [5, 5.41) is 19.6. The van der Waals surface area contributed by atoms with Crippen molar-refractivity contribution in [3.8, 4) is 0 Å². The van der Waals surface area contributed by atoms with Gasteiger partial charge in [-0.15, -0.1) is 0 Å². The average Bonchev–Trinajstić information content (AvgIpc) is 3.04. The third-order valence-corrected chi connectivity index (χ3v) is 5.49. The number of aryl methyl sites for hydroxylation is 1. The van der Waals surface area contributed by atoms with Crippen LogP contribution in [-0.2, 0) is 5.75 Å². The lowest BCUT2D eigenvalue weighted by Crippen LogP contribution is -2.22. The molecule has 2 aromatic rings. The molecule has 0 amide bonds. The number of benzene rings is 1. The number of hydrogen-bond acceptors (Lipinski definition) is 7. The monoisotopic (exact) mass is 360 g/mol. The minimum atomic E-state index is 0.0600. The molecule has 2 atom stereocenters. The molecule has 1 aromatic heterocycles. The van der Waals surface area contributed by atoms with Gasteiger partial charge in [0.15, 0.2) is 5.16 Å². The molecule has 0 bridgehead atoms. The zero-order valence-corrected chi connectivity index (χ0v) is 15.1. The van der Waals surface area contributed by atoms with Gasteiger partial charge in [-0.1, -0.05) is 41.6 Å². The smallest absolute Gasteiger partial charge is 0.191 e. The van der Waals surface area contributed by atoms with Gasteiger partial charge in [-0.25, -0.2) is 9.97 Å². The molecule has 1 aromatic carbocycles. The number of hydrogen-bond donors (Lipinski definition) is 3. The van der Waals surface area contributed by atoms with Crippen LogP contribution in [0.5, 0.6) is 0 Å². The van der Waals surface area contributed by atoms with Gasteiger partial charge < -0.3 is 20.8 Å². The van der Waals surface area contributed by atoms with Crippen LogP contribution in [0.1, 0.15) is 11.1 Å². The standard InChI is InChI=1S/C18H24N4O2S/c1-12-2-4-13(5-3-12)11-25-18-20-16(19)6-17(21-18)22-7-14(9-23)15(8-22)10-24/h2-6,14-15,23-24H,7-11H2,1H3,(H2,19,20,21)/t14-,15-/m0/s1. The number of aliphatic hydroxyl groups excluding tert-OH is 2. The minimum absolute atomic E-state index is 0.0600. The number of aliphatic hydroxyl groups is 2. The molecule has 2 heterocycles. The van der Waals surface area contributed by atoms with E-state index in [1.54, 1.807) is 17.8 Å². The van der Waals surface area contributed by atoms with Gasteiger partial charge in [0.05, 0.1) is 0 Å². The van der Waals surface area contributed by atoms with Crippen molar-refractivity contribution in [2.24, 2.45) is 11.8 Å². The van der Waals surface area contributed by atoms with E-state index in [-0.39, 0.29) is 25.0 Å². The number of thioether (sulfide) groups is 1. The molecule has 0 radical (unpaired) electrons. The second-order valence-electron chi connectivity index (χ2n) is 6.50. The summed E-state index contributed by atoms with van der Waals surface area (Å²) in [5.74, 6) is 2.09. The van der Waals surface area contributed by atoms with Crippen molar-refractivity contribution in [3.05, 3.63) is 41.5 Å². The van der Waals surface area contributed by atoms with Crippen LogP contribution in [-0.4, -0.2) is 46.5 Å². The van der Waals surface area contributed by atoms with E-state index in [2.05, 4.69) is 46.1 Å². The Kier molecular flexibility index (Phi) is 5.78. The Morgan fingerprint density at radius 1 is 1.12 bits per heavy atom. The van der Waals surface area contributed by atoms with Gasteiger partial charge in [0.1, 0.15) is 11.6 Å². The van der Waals surface area contributed by atoms with E-state index in [4.69, 9.17) is 5.73 Å². The first-order valence-corrected chi connectivity index (χ1v) is 9.37. The Morgan fingerprint density at radius 2 is 1.76 bits per heavy atom. The van der Waals surface area contributed by atoms with Gasteiger partial charge in [-0.05, 0) is 12.5 Å². The summed E-state index contributed by atoms with van der Waals surface area (Å²) in [4.78, 5) is 11.0. The van der Waals surface area contributed by atoms with Crippen LogP contribution in [0.2, 0.25) is 0 Å². The second kappa shape index (κ2) is 8.03. The van der Waals surface area contributed by atoms with E-state index in [9.17, 15) is 10.2 Å². The molecule has 3 rings (SSSR count). The van der Waals surface area contributed by atoms with Gasteiger partial charge in [0, 0.05) is 50.0 Å². The van der Waals surface area contributed by atoms with Crippen molar-refractivity contribution >= 4 is 23.4 Å². The molecule has 7 heteroatoms. The summed E-state index contributed by atoms with van der Waals surface area (Å²) in [7, 11) is 0. The highest BCUT2D eigenvalue weighted by Crippen LogP contribution is 2.29. The lowest BCUT2D eigenvalue weighted by Gasteiger charge is -2.18. The molecule has 1 aliphatic heterocycles. The van der Waals surface area contributed by atoms with Crippen LogP contribution in [0.15, 0.2) is 35.5 Å². The summed E-state index contributed by atoms with van der Waals surface area (Å²) in [5.41, 5.74) is 8.41. The van der Waals surface area contributed by atoms with E-state index in [0.29, 0.717) is 24.1 Å². The Labute approximate surface area is 152 Å². The summed E-state index contributed by atoms with van der Waals surface area (Å²) < 4.78 is 0. The molecule has 1 saturated heterocycles. The van der Waals surface area contributed by atoms with Gasteiger partial charge in [-0.2, -0.15) is 0 Å². The van der Waals surface area contributed by atoms with Gasteiger partial charge in [0.25, 0.3) is 0 Å². The highest BCUT2D eigenvalue weighted by atomic mass is 32.2. The minimum Gasteiger partial charge on any atom is -0.396 e. The van der Waals surface area contributed by atoms with E-state index < -0.39 is 0 Å². The molecule has 0 spiro atoms. The molecule has 4 N–H and O–H groups in total. The van der Waals surface area contributed by atoms with Gasteiger partial charge in [0.2, 0.25) is 0 Å². The maximum atomic E-state index is 9.47. The SMILES string of the molecule is Cc1ccc(CSc2nc(N)cc(N3C[C@@H](CO)[C@H](CO)C3)n2)cc1. The van der Waals surface area contributed by atoms with Crippen LogP contribution < -0.4 is 10.6 Å².